The van der Waals surface area contributed by atoms with Crippen LogP contribution in [0.2, 0.25) is 5.02 Å². The molecule has 2 aromatic rings. The van der Waals surface area contributed by atoms with Gasteiger partial charge < -0.3 is 10.5 Å². The maximum Gasteiger partial charge on any atom is 0.137 e. The smallest absolute Gasteiger partial charge is 0.137 e. The van der Waals surface area contributed by atoms with Crippen LogP contribution in [-0.2, 0) is 6.54 Å². The zero-order valence-corrected chi connectivity index (χ0v) is 11.5. The number of nitrogens with zero attached hydrogens (tertiary/aromatic N) is 2. The van der Waals surface area contributed by atoms with Crippen LogP contribution in [0.25, 0.3) is 5.69 Å². The molecule has 0 unspecified atom stereocenters. The Balaban J connectivity index is 2.05. The lowest BCUT2D eigenvalue weighted by Crippen LogP contribution is -2.03. The van der Waals surface area contributed by atoms with Gasteiger partial charge in [-0.05, 0) is 37.1 Å². The third kappa shape index (κ3) is 2.33. The number of hydrogen-bond donors (Lipinski definition) is 1. The molecule has 1 heterocycles. The summed E-state index contributed by atoms with van der Waals surface area (Å²) in [5.41, 5.74) is 8.77. The van der Waals surface area contributed by atoms with Crippen LogP contribution in [0.3, 0.4) is 0 Å². The first kappa shape index (κ1) is 12.5. The number of methoxy groups -OCH3 is 1. The highest BCUT2D eigenvalue weighted by Crippen LogP contribution is 2.41. The van der Waals surface area contributed by atoms with Gasteiger partial charge in [0.15, 0.2) is 0 Å². The molecule has 0 radical (unpaired) electrons. The van der Waals surface area contributed by atoms with Crippen molar-refractivity contribution in [3.63, 3.8) is 0 Å². The molecule has 100 valence electrons. The molecular weight excluding hydrogens is 262 g/mol. The van der Waals surface area contributed by atoms with E-state index >= 15 is 0 Å². The van der Waals surface area contributed by atoms with Gasteiger partial charge in [0.2, 0.25) is 0 Å². The lowest BCUT2D eigenvalue weighted by molar-refractivity contribution is 0.415. The molecule has 0 saturated heterocycles. The van der Waals surface area contributed by atoms with Crippen LogP contribution >= 0.6 is 11.6 Å². The van der Waals surface area contributed by atoms with E-state index in [1.807, 2.05) is 22.9 Å². The van der Waals surface area contributed by atoms with E-state index in [2.05, 4.69) is 11.2 Å². The van der Waals surface area contributed by atoms with Gasteiger partial charge in [-0.1, -0.05) is 11.6 Å². The average molecular weight is 278 g/mol. The van der Waals surface area contributed by atoms with E-state index in [-0.39, 0.29) is 0 Å². The van der Waals surface area contributed by atoms with Crippen LogP contribution in [0.15, 0.2) is 24.3 Å². The molecule has 1 aromatic carbocycles. The van der Waals surface area contributed by atoms with Crippen LogP contribution in [0.4, 0.5) is 0 Å². The first-order valence-electron chi connectivity index (χ1n) is 6.35. The number of halogens is 1. The molecule has 0 aliphatic heterocycles. The van der Waals surface area contributed by atoms with Crippen LogP contribution in [0, 0.1) is 0 Å². The maximum absolute atomic E-state index is 6.18. The third-order valence-corrected chi connectivity index (χ3v) is 3.67. The SMILES string of the molecule is COc1ccc(-n2nc(CN)cc2C2CC2)cc1Cl. The van der Waals surface area contributed by atoms with Crippen molar-refractivity contribution in [3.8, 4) is 11.4 Å². The van der Waals surface area contributed by atoms with Crippen molar-refractivity contribution in [1.29, 1.82) is 0 Å². The van der Waals surface area contributed by atoms with Crippen LogP contribution in [0.5, 0.6) is 5.75 Å². The Labute approximate surface area is 117 Å². The van der Waals surface area contributed by atoms with E-state index in [0.29, 0.717) is 23.2 Å². The Morgan fingerprint density at radius 3 is 2.79 bits per heavy atom. The maximum atomic E-state index is 6.18. The highest BCUT2D eigenvalue weighted by atomic mass is 35.5. The Morgan fingerprint density at radius 1 is 1.42 bits per heavy atom. The molecule has 4 nitrogen and oxygen atoms in total. The number of rotatable bonds is 4. The Morgan fingerprint density at radius 2 is 2.21 bits per heavy atom. The standard InChI is InChI=1S/C14H16ClN3O/c1-19-14-5-4-11(7-12(14)15)18-13(9-2-3-9)6-10(8-16)17-18/h4-7,9H,2-3,8,16H2,1H3. The molecule has 1 aromatic heterocycles. The van der Waals surface area contributed by atoms with Gasteiger partial charge in [0, 0.05) is 18.2 Å². The molecule has 0 bridgehead atoms. The van der Waals surface area contributed by atoms with Crippen molar-refractivity contribution in [2.75, 3.05) is 7.11 Å². The number of aromatic nitrogens is 2. The minimum Gasteiger partial charge on any atom is -0.495 e. The van der Waals surface area contributed by atoms with E-state index in [4.69, 9.17) is 22.1 Å². The van der Waals surface area contributed by atoms with Gasteiger partial charge in [-0.15, -0.1) is 0 Å². The second kappa shape index (κ2) is 4.87. The summed E-state index contributed by atoms with van der Waals surface area (Å²) < 4.78 is 7.12. The van der Waals surface area contributed by atoms with E-state index in [0.717, 1.165) is 11.4 Å². The highest BCUT2D eigenvalue weighted by molar-refractivity contribution is 6.32. The van der Waals surface area contributed by atoms with Gasteiger partial charge >= 0.3 is 0 Å². The second-order valence-corrected chi connectivity index (χ2v) is 5.18. The van der Waals surface area contributed by atoms with Crippen LogP contribution in [0.1, 0.15) is 30.1 Å². The zero-order chi connectivity index (χ0) is 13.4. The Kier molecular flexibility index (Phi) is 3.21. The quantitative estimate of drug-likeness (QED) is 0.935. The number of ether oxygens (including phenoxy) is 1. The van der Waals surface area contributed by atoms with E-state index in [1.165, 1.54) is 18.5 Å². The van der Waals surface area contributed by atoms with Crippen LogP contribution in [-0.4, -0.2) is 16.9 Å². The summed E-state index contributed by atoms with van der Waals surface area (Å²) in [7, 11) is 1.61. The number of benzene rings is 1. The predicted molar refractivity (Wildman–Crippen MR) is 75.0 cm³/mol. The fourth-order valence-corrected chi connectivity index (χ4v) is 2.46. The topological polar surface area (TPSA) is 53.1 Å². The monoisotopic (exact) mass is 277 g/mol. The summed E-state index contributed by atoms with van der Waals surface area (Å²) in [5.74, 6) is 1.28. The molecule has 0 amide bonds. The normalized spacial score (nSPS) is 14.7. The van der Waals surface area contributed by atoms with Crippen molar-refractivity contribution >= 4 is 11.6 Å². The molecule has 1 fully saturated rings. The lowest BCUT2D eigenvalue weighted by atomic mass is 10.2. The molecule has 0 spiro atoms. The minimum absolute atomic E-state index is 0.455. The molecule has 0 atom stereocenters. The van der Waals surface area contributed by atoms with Gasteiger partial charge in [-0.3, -0.25) is 0 Å². The van der Waals surface area contributed by atoms with E-state index in [9.17, 15) is 0 Å². The van der Waals surface area contributed by atoms with Crippen molar-refractivity contribution < 1.29 is 4.74 Å². The third-order valence-electron chi connectivity index (χ3n) is 3.37. The lowest BCUT2D eigenvalue weighted by Gasteiger charge is -2.09. The van der Waals surface area contributed by atoms with E-state index < -0.39 is 0 Å². The first-order valence-corrected chi connectivity index (χ1v) is 6.73. The molecule has 3 rings (SSSR count). The Hall–Kier alpha value is -1.52. The van der Waals surface area contributed by atoms with Crippen LogP contribution < -0.4 is 10.5 Å². The number of hydrogen-bond acceptors (Lipinski definition) is 3. The van der Waals surface area contributed by atoms with Crippen molar-refractivity contribution in [2.24, 2.45) is 5.73 Å². The van der Waals surface area contributed by atoms with Crippen molar-refractivity contribution in [2.45, 2.75) is 25.3 Å². The van der Waals surface area contributed by atoms with Gasteiger partial charge in [0.25, 0.3) is 0 Å². The van der Waals surface area contributed by atoms with Gasteiger partial charge in [0.05, 0.1) is 23.5 Å². The van der Waals surface area contributed by atoms with Crippen molar-refractivity contribution in [1.82, 2.24) is 9.78 Å². The fourth-order valence-electron chi connectivity index (χ4n) is 2.21. The molecular formula is C14H16ClN3O. The van der Waals surface area contributed by atoms with Gasteiger partial charge in [-0.25, -0.2) is 4.68 Å². The fraction of sp³-hybridized carbons (Fsp3) is 0.357. The molecule has 2 N–H and O–H groups in total. The average Bonchev–Trinajstić information content (AvgIpc) is 3.18. The van der Waals surface area contributed by atoms with Gasteiger partial charge in [0.1, 0.15) is 5.75 Å². The molecule has 5 heteroatoms. The molecule has 19 heavy (non-hydrogen) atoms. The van der Waals surface area contributed by atoms with Gasteiger partial charge in [-0.2, -0.15) is 5.10 Å². The summed E-state index contributed by atoms with van der Waals surface area (Å²) in [5, 5.41) is 5.14. The summed E-state index contributed by atoms with van der Waals surface area (Å²) in [6.45, 7) is 0.455. The highest BCUT2D eigenvalue weighted by Gasteiger charge is 2.28. The summed E-state index contributed by atoms with van der Waals surface area (Å²) in [4.78, 5) is 0. The second-order valence-electron chi connectivity index (χ2n) is 4.77. The molecule has 1 saturated carbocycles. The Bertz CT molecular complexity index is 605. The zero-order valence-electron chi connectivity index (χ0n) is 10.8. The predicted octanol–water partition coefficient (Wildman–Crippen LogP) is 2.87. The largest absolute Gasteiger partial charge is 0.495 e. The van der Waals surface area contributed by atoms with Crippen molar-refractivity contribution in [3.05, 3.63) is 40.7 Å². The summed E-state index contributed by atoms with van der Waals surface area (Å²) in [6, 6.07) is 7.79. The summed E-state index contributed by atoms with van der Waals surface area (Å²) >= 11 is 6.18. The number of nitrogens with two attached hydrogens (primary N) is 1. The molecule has 1 aliphatic carbocycles. The van der Waals surface area contributed by atoms with E-state index in [1.54, 1.807) is 7.11 Å². The summed E-state index contributed by atoms with van der Waals surface area (Å²) in [6.07, 6.45) is 2.44. The minimum atomic E-state index is 0.455. The molecule has 1 aliphatic rings. The first-order chi connectivity index (χ1) is 9.22.